The van der Waals surface area contributed by atoms with Gasteiger partial charge in [-0.2, -0.15) is 0 Å². The minimum Gasteiger partial charge on any atom is -0.380 e. The van der Waals surface area contributed by atoms with Crippen LogP contribution in [-0.4, -0.2) is 44.3 Å². The Hall–Kier alpha value is -0.900. The fourth-order valence-corrected chi connectivity index (χ4v) is 3.05. The first kappa shape index (κ1) is 15.5. The molecule has 3 atom stereocenters. The zero-order valence-corrected chi connectivity index (χ0v) is 13.0. The molecule has 1 N–H and O–H groups in total. The van der Waals surface area contributed by atoms with Crippen LogP contribution >= 0.6 is 0 Å². The summed E-state index contributed by atoms with van der Waals surface area (Å²) in [6.45, 7) is 8.75. The highest BCUT2D eigenvalue weighted by molar-refractivity contribution is 5.19. The molecule has 3 nitrogen and oxygen atoms in total. The van der Waals surface area contributed by atoms with Gasteiger partial charge < -0.3 is 10.1 Å². The molecule has 0 aliphatic carbocycles. The van der Waals surface area contributed by atoms with E-state index in [1.54, 1.807) is 0 Å². The van der Waals surface area contributed by atoms with E-state index in [0.29, 0.717) is 18.1 Å². The van der Waals surface area contributed by atoms with Gasteiger partial charge >= 0.3 is 0 Å². The molecule has 112 valence electrons. The monoisotopic (exact) mass is 276 g/mol. The number of likely N-dealkylation sites (N-methyl/N-ethyl adjacent to an activating group) is 1. The van der Waals surface area contributed by atoms with Gasteiger partial charge in [-0.25, -0.2) is 0 Å². The maximum absolute atomic E-state index is 5.62. The average Bonchev–Trinajstić information content (AvgIpc) is 2.49. The lowest BCUT2D eigenvalue weighted by Gasteiger charge is -2.38. The second-order valence-electron chi connectivity index (χ2n) is 5.82. The van der Waals surface area contributed by atoms with Crippen LogP contribution in [0.5, 0.6) is 0 Å². The van der Waals surface area contributed by atoms with Crippen LogP contribution in [0, 0.1) is 5.92 Å². The predicted molar refractivity (Wildman–Crippen MR) is 83.9 cm³/mol. The van der Waals surface area contributed by atoms with E-state index >= 15 is 0 Å². The molecule has 1 saturated heterocycles. The zero-order chi connectivity index (χ0) is 14.4. The number of nitrogens with zero attached hydrogens (tertiary/aromatic N) is 1. The van der Waals surface area contributed by atoms with Gasteiger partial charge in [-0.05, 0) is 31.0 Å². The molecule has 2 rings (SSSR count). The number of rotatable bonds is 6. The molecule has 1 aromatic rings. The Morgan fingerprint density at radius 1 is 1.35 bits per heavy atom. The molecule has 1 heterocycles. The summed E-state index contributed by atoms with van der Waals surface area (Å²) in [6.07, 6.45) is 1.60. The Morgan fingerprint density at radius 3 is 2.75 bits per heavy atom. The van der Waals surface area contributed by atoms with E-state index < -0.39 is 0 Å². The molecule has 0 radical (unpaired) electrons. The van der Waals surface area contributed by atoms with Crippen molar-refractivity contribution in [1.29, 1.82) is 0 Å². The number of hydrogen-bond acceptors (Lipinski definition) is 3. The Balaban J connectivity index is 1.98. The molecule has 20 heavy (non-hydrogen) atoms. The fourth-order valence-electron chi connectivity index (χ4n) is 3.05. The van der Waals surface area contributed by atoms with Gasteiger partial charge in [-0.15, -0.1) is 0 Å². The summed E-state index contributed by atoms with van der Waals surface area (Å²) in [5.74, 6) is 0.672. The number of hydrogen-bond donors (Lipinski definition) is 1. The van der Waals surface area contributed by atoms with Crippen LogP contribution in [0.1, 0.15) is 31.9 Å². The number of ether oxygens (including phenoxy) is 1. The Kier molecular flexibility index (Phi) is 6.02. The van der Waals surface area contributed by atoms with Crippen LogP contribution in [0.4, 0.5) is 0 Å². The predicted octanol–water partition coefficient (Wildman–Crippen LogP) is 2.69. The third-order valence-electron chi connectivity index (χ3n) is 4.37. The normalized spacial score (nSPS) is 25.6. The quantitative estimate of drug-likeness (QED) is 0.864. The first-order valence-corrected chi connectivity index (χ1v) is 7.78. The van der Waals surface area contributed by atoms with Gasteiger partial charge in [-0.1, -0.05) is 44.2 Å². The van der Waals surface area contributed by atoms with Gasteiger partial charge in [0.25, 0.3) is 0 Å². The van der Waals surface area contributed by atoms with E-state index in [1.807, 2.05) is 7.11 Å². The third kappa shape index (κ3) is 4.05. The second kappa shape index (κ2) is 7.77. The van der Waals surface area contributed by atoms with Crippen molar-refractivity contribution in [3.8, 4) is 0 Å². The maximum Gasteiger partial charge on any atom is 0.0724 e. The van der Waals surface area contributed by atoms with Crippen LogP contribution < -0.4 is 5.32 Å². The zero-order valence-electron chi connectivity index (χ0n) is 13.0. The summed E-state index contributed by atoms with van der Waals surface area (Å²) in [5, 5.41) is 3.61. The number of methoxy groups -OCH3 is 1. The van der Waals surface area contributed by atoms with Crippen molar-refractivity contribution >= 4 is 0 Å². The SMILES string of the molecule is CCNC(CN1CCC(C)C(OC)C1)c1ccccc1. The number of piperidine rings is 1. The highest BCUT2D eigenvalue weighted by atomic mass is 16.5. The molecule has 0 aromatic heterocycles. The molecule has 3 heteroatoms. The molecule has 1 aromatic carbocycles. The summed E-state index contributed by atoms with van der Waals surface area (Å²) in [4.78, 5) is 2.54. The minimum absolute atomic E-state index is 0.377. The van der Waals surface area contributed by atoms with E-state index in [9.17, 15) is 0 Å². The van der Waals surface area contributed by atoms with Crippen LogP contribution in [0.25, 0.3) is 0 Å². The van der Waals surface area contributed by atoms with Crippen molar-refractivity contribution in [2.45, 2.75) is 32.4 Å². The number of nitrogens with one attached hydrogen (secondary N) is 1. The smallest absolute Gasteiger partial charge is 0.0724 e. The van der Waals surface area contributed by atoms with Crippen molar-refractivity contribution in [2.75, 3.05) is 33.3 Å². The molecule has 1 aliphatic rings. The molecule has 1 fully saturated rings. The van der Waals surface area contributed by atoms with Gasteiger partial charge in [0.05, 0.1) is 6.10 Å². The molecule has 0 bridgehead atoms. The van der Waals surface area contributed by atoms with Crippen LogP contribution in [0.3, 0.4) is 0 Å². The van der Waals surface area contributed by atoms with Gasteiger partial charge in [0, 0.05) is 26.2 Å². The lowest BCUT2D eigenvalue weighted by Crippen LogP contribution is -2.46. The molecule has 0 spiro atoms. The highest BCUT2D eigenvalue weighted by Crippen LogP contribution is 2.22. The molecular weight excluding hydrogens is 248 g/mol. The van der Waals surface area contributed by atoms with Crippen LogP contribution in [0.15, 0.2) is 30.3 Å². The van der Waals surface area contributed by atoms with E-state index in [0.717, 1.165) is 19.6 Å². The molecule has 0 amide bonds. The van der Waals surface area contributed by atoms with E-state index in [2.05, 4.69) is 54.4 Å². The van der Waals surface area contributed by atoms with E-state index in [1.165, 1.54) is 18.5 Å². The average molecular weight is 276 g/mol. The Bertz CT molecular complexity index is 382. The van der Waals surface area contributed by atoms with Crippen molar-refractivity contribution in [3.63, 3.8) is 0 Å². The Labute approximate surface area is 123 Å². The van der Waals surface area contributed by atoms with Crippen LogP contribution in [0.2, 0.25) is 0 Å². The lowest BCUT2D eigenvalue weighted by atomic mass is 9.95. The van der Waals surface area contributed by atoms with Crippen molar-refractivity contribution in [2.24, 2.45) is 5.92 Å². The van der Waals surface area contributed by atoms with Gasteiger partial charge in [0.2, 0.25) is 0 Å². The van der Waals surface area contributed by atoms with Gasteiger partial charge in [0.15, 0.2) is 0 Å². The second-order valence-corrected chi connectivity index (χ2v) is 5.82. The molecule has 0 saturated carbocycles. The summed E-state index contributed by atoms with van der Waals surface area (Å²) in [5.41, 5.74) is 1.38. The first-order valence-electron chi connectivity index (χ1n) is 7.78. The van der Waals surface area contributed by atoms with Crippen molar-refractivity contribution in [3.05, 3.63) is 35.9 Å². The summed E-state index contributed by atoms with van der Waals surface area (Å²) in [6, 6.07) is 11.2. The standard InChI is InChI=1S/C17H28N2O/c1-4-18-16(15-8-6-5-7-9-15)12-19-11-10-14(2)17(13-19)20-3/h5-9,14,16-18H,4,10-13H2,1-3H3. The highest BCUT2D eigenvalue weighted by Gasteiger charge is 2.27. The van der Waals surface area contributed by atoms with E-state index in [4.69, 9.17) is 4.74 Å². The molecule has 1 aliphatic heterocycles. The van der Waals surface area contributed by atoms with Crippen LogP contribution in [-0.2, 0) is 4.74 Å². The largest absolute Gasteiger partial charge is 0.380 e. The summed E-state index contributed by atoms with van der Waals surface area (Å²) >= 11 is 0. The number of benzene rings is 1. The lowest BCUT2D eigenvalue weighted by molar-refractivity contribution is -0.00745. The number of likely N-dealkylation sites (tertiary alicyclic amines) is 1. The fraction of sp³-hybridized carbons (Fsp3) is 0.647. The maximum atomic E-state index is 5.62. The van der Waals surface area contributed by atoms with Crippen molar-refractivity contribution in [1.82, 2.24) is 10.2 Å². The summed E-state index contributed by atoms with van der Waals surface area (Å²) in [7, 11) is 1.84. The molecule has 3 unspecified atom stereocenters. The molecular formula is C17H28N2O. The van der Waals surface area contributed by atoms with Gasteiger partial charge in [0.1, 0.15) is 0 Å². The van der Waals surface area contributed by atoms with Gasteiger partial charge in [-0.3, -0.25) is 4.90 Å². The Morgan fingerprint density at radius 2 is 2.10 bits per heavy atom. The first-order chi connectivity index (χ1) is 9.74. The van der Waals surface area contributed by atoms with E-state index in [-0.39, 0.29) is 0 Å². The third-order valence-corrected chi connectivity index (χ3v) is 4.37. The summed E-state index contributed by atoms with van der Waals surface area (Å²) < 4.78 is 5.62. The topological polar surface area (TPSA) is 24.5 Å². The minimum atomic E-state index is 0.377. The van der Waals surface area contributed by atoms with Crippen molar-refractivity contribution < 1.29 is 4.74 Å².